The van der Waals surface area contributed by atoms with Crippen molar-refractivity contribution in [3.63, 3.8) is 0 Å². The molecule has 0 bridgehead atoms. The quantitative estimate of drug-likeness (QED) is 0.568. The zero-order valence-corrected chi connectivity index (χ0v) is 8.99. The molecule has 0 N–H and O–H groups in total. The van der Waals surface area contributed by atoms with E-state index in [1.54, 1.807) is 12.3 Å². The third-order valence-corrected chi connectivity index (χ3v) is 3.29. The molecule has 16 heavy (non-hydrogen) atoms. The maximum atomic E-state index is 10.4. The minimum Gasteiger partial charge on any atom is -0.464 e. The molecule has 0 unspecified atom stereocenters. The average molecular weight is 213 g/mol. The Labute approximate surface area is 92.8 Å². The van der Waals surface area contributed by atoms with E-state index in [2.05, 4.69) is 4.99 Å². The highest BCUT2D eigenvalue weighted by Crippen LogP contribution is 2.49. The normalized spacial score (nSPS) is 17.1. The molecule has 0 spiro atoms. The van der Waals surface area contributed by atoms with Gasteiger partial charge in [-0.3, -0.25) is 0 Å². The van der Waals surface area contributed by atoms with Gasteiger partial charge in [-0.05, 0) is 37.0 Å². The molecule has 1 aromatic carbocycles. The summed E-state index contributed by atoms with van der Waals surface area (Å²) < 4.78 is 5.45. The van der Waals surface area contributed by atoms with Crippen LogP contribution in [0.25, 0.3) is 11.0 Å². The molecule has 1 aromatic heterocycles. The molecule has 0 amide bonds. The zero-order valence-electron chi connectivity index (χ0n) is 8.99. The van der Waals surface area contributed by atoms with Crippen LogP contribution in [-0.2, 0) is 10.3 Å². The van der Waals surface area contributed by atoms with Crippen LogP contribution < -0.4 is 0 Å². The van der Waals surface area contributed by atoms with Gasteiger partial charge in [0.25, 0.3) is 0 Å². The van der Waals surface area contributed by atoms with Gasteiger partial charge in [-0.15, -0.1) is 0 Å². The minimum atomic E-state index is -0.309. The fraction of sp³-hybridized carbons (Fsp3) is 0.308. The van der Waals surface area contributed by atoms with Gasteiger partial charge in [0.1, 0.15) is 5.58 Å². The second-order valence-corrected chi connectivity index (χ2v) is 4.36. The number of nitrogens with zero attached hydrogens (tertiary/aromatic N) is 1. The number of aliphatic imine (C=N–C) groups is 1. The highest BCUT2D eigenvalue weighted by molar-refractivity contribution is 5.81. The van der Waals surface area contributed by atoms with Crippen molar-refractivity contribution in [2.45, 2.75) is 25.3 Å². The Balaban J connectivity index is 2.16. The number of furan rings is 1. The van der Waals surface area contributed by atoms with Crippen molar-refractivity contribution in [1.82, 2.24) is 0 Å². The standard InChI is InChI=1S/C13H11NO2/c1-9-7-16-12-6-10(2-3-11(9)12)13(4-5-13)14-8-15/h2-3,6-7H,4-5H2,1H3. The Morgan fingerprint density at radius 1 is 1.44 bits per heavy atom. The van der Waals surface area contributed by atoms with Gasteiger partial charge in [0.15, 0.2) is 0 Å². The third kappa shape index (κ3) is 1.22. The van der Waals surface area contributed by atoms with Gasteiger partial charge in [0.2, 0.25) is 6.08 Å². The van der Waals surface area contributed by atoms with Crippen molar-refractivity contribution in [2.24, 2.45) is 4.99 Å². The molecule has 0 saturated heterocycles. The molecule has 1 heterocycles. The van der Waals surface area contributed by atoms with Crippen LogP contribution in [0.4, 0.5) is 0 Å². The van der Waals surface area contributed by atoms with E-state index in [0.29, 0.717) is 0 Å². The van der Waals surface area contributed by atoms with Crippen molar-refractivity contribution >= 4 is 17.0 Å². The summed E-state index contributed by atoms with van der Waals surface area (Å²) in [7, 11) is 0. The predicted molar refractivity (Wildman–Crippen MR) is 60.0 cm³/mol. The van der Waals surface area contributed by atoms with E-state index in [0.717, 1.165) is 34.9 Å². The molecule has 3 heteroatoms. The van der Waals surface area contributed by atoms with E-state index < -0.39 is 0 Å². The fourth-order valence-corrected chi connectivity index (χ4v) is 2.12. The van der Waals surface area contributed by atoms with Gasteiger partial charge < -0.3 is 4.42 Å². The first-order valence-corrected chi connectivity index (χ1v) is 5.32. The zero-order chi connectivity index (χ0) is 11.2. The SMILES string of the molecule is Cc1coc2cc(C3(N=C=O)CC3)ccc12. The molecule has 2 aromatic rings. The highest BCUT2D eigenvalue weighted by atomic mass is 16.3. The Morgan fingerprint density at radius 3 is 2.94 bits per heavy atom. The summed E-state index contributed by atoms with van der Waals surface area (Å²) in [4.78, 5) is 14.3. The number of rotatable bonds is 2. The van der Waals surface area contributed by atoms with Crippen LogP contribution in [0.1, 0.15) is 24.0 Å². The maximum absolute atomic E-state index is 10.4. The van der Waals surface area contributed by atoms with Gasteiger partial charge in [0.05, 0.1) is 11.8 Å². The molecule has 0 atom stereocenters. The van der Waals surface area contributed by atoms with Crippen LogP contribution in [0.3, 0.4) is 0 Å². The number of hydrogen-bond donors (Lipinski definition) is 0. The summed E-state index contributed by atoms with van der Waals surface area (Å²) in [6.45, 7) is 2.02. The lowest BCUT2D eigenvalue weighted by Crippen LogP contribution is -2.01. The lowest BCUT2D eigenvalue weighted by molar-refractivity contribution is 0.556. The minimum absolute atomic E-state index is 0.309. The number of carbonyl (C=O) groups excluding carboxylic acids is 1. The first kappa shape index (κ1) is 9.37. The highest BCUT2D eigenvalue weighted by Gasteiger charge is 2.45. The summed E-state index contributed by atoms with van der Waals surface area (Å²) >= 11 is 0. The molecular formula is C13H11NO2. The van der Waals surface area contributed by atoms with Crippen LogP contribution >= 0.6 is 0 Å². The smallest absolute Gasteiger partial charge is 0.235 e. The molecule has 3 nitrogen and oxygen atoms in total. The van der Waals surface area contributed by atoms with Crippen LogP contribution in [-0.4, -0.2) is 6.08 Å². The van der Waals surface area contributed by atoms with Crippen LogP contribution in [0.15, 0.2) is 33.9 Å². The molecule has 0 radical (unpaired) electrons. The first-order valence-electron chi connectivity index (χ1n) is 5.32. The monoisotopic (exact) mass is 213 g/mol. The van der Waals surface area contributed by atoms with Gasteiger partial charge in [-0.2, -0.15) is 4.99 Å². The average Bonchev–Trinajstić information content (AvgIpc) is 2.99. The summed E-state index contributed by atoms with van der Waals surface area (Å²) in [5, 5.41) is 1.12. The Morgan fingerprint density at radius 2 is 2.25 bits per heavy atom. The van der Waals surface area contributed by atoms with Crippen molar-refractivity contribution < 1.29 is 9.21 Å². The summed E-state index contributed by atoms with van der Waals surface area (Å²) in [6.07, 6.45) is 5.26. The summed E-state index contributed by atoms with van der Waals surface area (Å²) in [5.74, 6) is 0. The maximum Gasteiger partial charge on any atom is 0.235 e. The van der Waals surface area contributed by atoms with Crippen molar-refractivity contribution in [3.8, 4) is 0 Å². The molecule has 1 aliphatic carbocycles. The Bertz CT molecular complexity index is 601. The van der Waals surface area contributed by atoms with Gasteiger partial charge in [0, 0.05) is 5.39 Å². The molecule has 1 fully saturated rings. The Kier molecular flexibility index (Phi) is 1.79. The van der Waals surface area contributed by atoms with Crippen molar-refractivity contribution in [1.29, 1.82) is 0 Å². The van der Waals surface area contributed by atoms with Crippen molar-refractivity contribution in [3.05, 3.63) is 35.6 Å². The molecule has 80 valence electrons. The lowest BCUT2D eigenvalue weighted by atomic mass is 10.0. The van der Waals surface area contributed by atoms with Crippen LogP contribution in [0.2, 0.25) is 0 Å². The number of benzene rings is 1. The second-order valence-electron chi connectivity index (χ2n) is 4.36. The van der Waals surface area contributed by atoms with E-state index in [9.17, 15) is 4.79 Å². The molecule has 1 saturated carbocycles. The van der Waals surface area contributed by atoms with Gasteiger partial charge in [-0.25, -0.2) is 4.79 Å². The third-order valence-electron chi connectivity index (χ3n) is 3.29. The van der Waals surface area contributed by atoms with E-state index in [1.165, 1.54) is 0 Å². The number of isocyanates is 1. The number of fused-ring (bicyclic) bond motifs is 1. The van der Waals surface area contributed by atoms with Crippen LogP contribution in [0, 0.1) is 6.92 Å². The summed E-state index contributed by atoms with van der Waals surface area (Å²) in [5.41, 5.74) is 2.74. The number of aryl methyl sites for hydroxylation is 1. The first-order chi connectivity index (χ1) is 7.75. The summed E-state index contributed by atoms with van der Waals surface area (Å²) in [6, 6.07) is 6.04. The number of hydrogen-bond acceptors (Lipinski definition) is 3. The van der Waals surface area contributed by atoms with Gasteiger partial charge >= 0.3 is 0 Å². The largest absolute Gasteiger partial charge is 0.464 e. The molecule has 3 rings (SSSR count). The van der Waals surface area contributed by atoms with E-state index in [4.69, 9.17) is 4.42 Å². The fourth-order valence-electron chi connectivity index (χ4n) is 2.12. The van der Waals surface area contributed by atoms with Gasteiger partial charge in [-0.1, -0.05) is 12.1 Å². The van der Waals surface area contributed by atoms with E-state index in [-0.39, 0.29) is 5.54 Å². The van der Waals surface area contributed by atoms with E-state index in [1.807, 2.05) is 25.1 Å². The van der Waals surface area contributed by atoms with Crippen LogP contribution in [0.5, 0.6) is 0 Å². The topological polar surface area (TPSA) is 42.6 Å². The molecular weight excluding hydrogens is 202 g/mol. The van der Waals surface area contributed by atoms with Crippen molar-refractivity contribution in [2.75, 3.05) is 0 Å². The lowest BCUT2D eigenvalue weighted by Gasteiger charge is -2.07. The predicted octanol–water partition coefficient (Wildman–Crippen LogP) is 3.07. The molecule has 0 aliphatic heterocycles. The van der Waals surface area contributed by atoms with E-state index >= 15 is 0 Å². The molecule has 1 aliphatic rings. The Hall–Kier alpha value is -1.86. The second kappa shape index (κ2) is 3.06.